The molecule has 0 aliphatic rings. The summed E-state index contributed by atoms with van der Waals surface area (Å²) in [4.78, 5) is 20.8. The normalized spacial score (nSPS) is 10.6. The molecule has 23 heavy (non-hydrogen) atoms. The number of amides is 1. The quantitative estimate of drug-likeness (QED) is 0.756. The van der Waals surface area contributed by atoms with Gasteiger partial charge in [0.05, 0.1) is 12.4 Å². The van der Waals surface area contributed by atoms with Crippen molar-refractivity contribution in [3.8, 4) is 0 Å². The van der Waals surface area contributed by atoms with E-state index in [0.717, 1.165) is 30.6 Å². The Kier molecular flexibility index (Phi) is 6.09. The first-order valence-corrected chi connectivity index (χ1v) is 8.08. The second-order valence-electron chi connectivity index (χ2n) is 5.76. The Labute approximate surface area is 137 Å². The number of benzene rings is 1. The lowest BCUT2D eigenvalue weighted by Gasteiger charge is -2.13. The molecule has 5 heteroatoms. The number of para-hydroxylation sites is 1. The summed E-state index contributed by atoms with van der Waals surface area (Å²) in [5.74, 6) is 0.783. The lowest BCUT2D eigenvalue weighted by Crippen LogP contribution is -2.16. The number of aromatic nitrogens is 2. The standard InChI is InChI=1S/C18H24N4O/c1-4-5-10-19-17-12-20-16(11-21-17)18(23)22-15-9-7-6-8-14(15)13(2)3/h6-9,11-13H,4-5,10H2,1-3H3,(H,19,21)(H,22,23). The number of carbonyl (C=O) groups is 1. The van der Waals surface area contributed by atoms with Gasteiger partial charge in [0.1, 0.15) is 11.5 Å². The first-order chi connectivity index (χ1) is 11.1. The van der Waals surface area contributed by atoms with Crippen LogP contribution in [0.4, 0.5) is 11.5 Å². The Hall–Kier alpha value is -2.43. The molecule has 0 aliphatic carbocycles. The minimum absolute atomic E-state index is 0.245. The van der Waals surface area contributed by atoms with E-state index in [-0.39, 0.29) is 5.91 Å². The van der Waals surface area contributed by atoms with Crippen LogP contribution in [0, 0.1) is 0 Å². The molecule has 0 saturated heterocycles. The number of hydrogen-bond donors (Lipinski definition) is 2. The van der Waals surface area contributed by atoms with E-state index in [0.29, 0.717) is 17.4 Å². The summed E-state index contributed by atoms with van der Waals surface area (Å²) in [6, 6.07) is 7.81. The molecule has 0 radical (unpaired) electrons. The number of nitrogens with zero attached hydrogens (tertiary/aromatic N) is 2. The van der Waals surface area contributed by atoms with Crippen LogP contribution in [0.25, 0.3) is 0 Å². The van der Waals surface area contributed by atoms with Gasteiger partial charge in [-0.05, 0) is 24.0 Å². The fourth-order valence-electron chi connectivity index (χ4n) is 2.23. The Morgan fingerprint density at radius 1 is 1.17 bits per heavy atom. The number of unbranched alkanes of at least 4 members (excludes halogenated alkanes) is 1. The molecule has 2 N–H and O–H groups in total. The van der Waals surface area contributed by atoms with Crippen LogP contribution in [0.15, 0.2) is 36.7 Å². The third-order valence-corrected chi connectivity index (χ3v) is 3.55. The lowest BCUT2D eigenvalue weighted by atomic mass is 10.0. The predicted octanol–water partition coefficient (Wildman–Crippen LogP) is 4.06. The number of anilines is 2. The van der Waals surface area contributed by atoms with Gasteiger partial charge in [-0.2, -0.15) is 0 Å². The van der Waals surface area contributed by atoms with Gasteiger partial charge in [0.25, 0.3) is 5.91 Å². The molecule has 5 nitrogen and oxygen atoms in total. The molecule has 0 saturated carbocycles. The van der Waals surface area contributed by atoms with Crippen molar-refractivity contribution in [3.63, 3.8) is 0 Å². The van der Waals surface area contributed by atoms with E-state index in [1.165, 1.54) is 6.20 Å². The van der Waals surface area contributed by atoms with E-state index in [4.69, 9.17) is 0 Å². The van der Waals surface area contributed by atoms with Crippen LogP contribution in [-0.2, 0) is 0 Å². The zero-order valence-electron chi connectivity index (χ0n) is 14.0. The molecule has 1 heterocycles. The maximum absolute atomic E-state index is 12.3. The molecule has 1 aromatic heterocycles. The average molecular weight is 312 g/mol. The van der Waals surface area contributed by atoms with Crippen molar-refractivity contribution >= 4 is 17.4 Å². The summed E-state index contributed by atoms with van der Waals surface area (Å²) in [7, 11) is 0. The maximum atomic E-state index is 12.3. The summed E-state index contributed by atoms with van der Waals surface area (Å²) in [6.07, 6.45) is 5.30. The minimum Gasteiger partial charge on any atom is -0.369 e. The Balaban J connectivity index is 2.04. The van der Waals surface area contributed by atoms with Crippen molar-refractivity contribution in [3.05, 3.63) is 47.9 Å². The van der Waals surface area contributed by atoms with Crippen molar-refractivity contribution in [1.82, 2.24) is 9.97 Å². The van der Waals surface area contributed by atoms with Crippen molar-refractivity contribution in [2.24, 2.45) is 0 Å². The highest BCUT2D eigenvalue weighted by molar-refractivity contribution is 6.03. The van der Waals surface area contributed by atoms with Gasteiger partial charge in [0, 0.05) is 12.2 Å². The third-order valence-electron chi connectivity index (χ3n) is 3.55. The SMILES string of the molecule is CCCCNc1cnc(C(=O)Nc2ccccc2C(C)C)cn1. The Morgan fingerprint density at radius 3 is 2.61 bits per heavy atom. The smallest absolute Gasteiger partial charge is 0.275 e. The van der Waals surface area contributed by atoms with Gasteiger partial charge >= 0.3 is 0 Å². The molecule has 1 amide bonds. The van der Waals surface area contributed by atoms with Gasteiger partial charge in [-0.25, -0.2) is 9.97 Å². The van der Waals surface area contributed by atoms with Crippen LogP contribution in [0.2, 0.25) is 0 Å². The van der Waals surface area contributed by atoms with Gasteiger partial charge in [-0.15, -0.1) is 0 Å². The second kappa shape index (κ2) is 8.27. The lowest BCUT2D eigenvalue weighted by molar-refractivity contribution is 0.102. The van der Waals surface area contributed by atoms with Crippen LogP contribution in [-0.4, -0.2) is 22.4 Å². The topological polar surface area (TPSA) is 66.9 Å². The second-order valence-corrected chi connectivity index (χ2v) is 5.76. The van der Waals surface area contributed by atoms with E-state index in [9.17, 15) is 4.79 Å². The summed E-state index contributed by atoms with van der Waals surface area (Å²) < 4.78 is 0. The van der Waals surface area contributed by atoms with Crippen LogP contribution < -0.4 is 10.6 Å². The van der Waals surface area contributed by atoms with E-state index >= 15 is 0 Å². The maximum Gasteiger partial charge on any atom is 0.275 e. The number of nitrogens with one attached hydrogen (secondary N) is 2. The van der Waals surface area contributed by atoms with Crippen LogP contribution in [0.5, 0.6) is 0 Å². The van der Waals surface area contributed by atoms with Gasteiger partial charge < -0.3 is 10.6 Å². The first-order valence-electron chi connectivity index (χ1n) is 8.08. The van der Waals surface area contributed by atoms with Gasteiger partial charge in [-0.3, -0.25) is 4.79 Å². The zero-order valence-corrected chi connectivity index (χ0v) is 14.0. The monoisotopic (exact) mass is 312 g/mol. The van der Waals surface area contributed by atoms with Crippen molar-refractivity contribution in [2.45, 2.75) is 39.5 Å². The highest BCUT2D eigenvalue weighted by Crippen LogP contribution is 2.23. The molecule has 0 aliphatic heterocycles. The molecular formula is C18H24N4O. The Morgan fingerprint density at radius 2 is 1.96 bits per heavy atom. The fourth-order valence-corrected chi connectivity index (χ4v) is 2.23. The number of hydrogen-bond acceptors (Lipinski definition) is 4. The van der Waals surface area contributed by atoms with Crippen molar-refractivity contribution in [1.29, 1.82) is 0 Å². The molecule has 0 unspecified atom stereocenters. The van der Waals surface area contributed by atoms with E-state index < -0.39 is 0 Å². The van der Waals surface area contributed by atoms with Crippen molar-refractivity contribution < 1.29 is 4.79 Å². The highest BCUT2D eigenvalue weighted by atomic mass is 16.1. The molecule has 0 bridgehead atoms. The third kappa shape index (κ3) is 4.77. The number of rotatable bonds is 7. The summed E-state index contributed by atoms with van der Waals surface area (Å²) in [5.41, 5.74) is 2.23. The molecule has 2 aromatic rings. The molecule has 122 valence electrons. The molecule has 0 atom stereocenters. The summed E-state index contributed by atoms with van der Waals surface area (Å²) >= 11 is 0. The first kappa shape index (κ1) is 16.9. The summed E-state index contributed by atoms with van der Waals surface area (Å²) in [6.45, 7) is 7.19. The molecular weight excluding hydrogens is 288 g/mol. The van der Waals surface area contributed by atoms with Crippen LogP contribution >= 0.6 is 0 Å². The average Bonchev–Trinajstić information content (AvgIpc) is 2.56. The number of carbonyl (C=O) groups excluding carboxylic acids is 1. The van der Waals surface area contributed by atoms with Gasteiger partial charge in [-0.1, -0.05) is 45.4 Å². The summed E-state index contributed by atoms with van der Waals surface area (Å²) in [5, 5.41) is 6.10. The molecule has 1 aromatic carbocycles. The van der Waals surface area contributed by atoms with E-state index in [1.807, 2.05) is 24.3 Å². The van der Waals surface area contributed by atoms with Gasteiger partial charge in [0.15, 0.2) is 0 Å². The molecule has 2 rings (SSSR count). The van der Waals surface area contributed by atoms with E-state index in [1.54, 1.807) is 6.20 Å². The predicted molar refractivity (Wildman–Crippen MR) is 93.9 cm³/mol. The fraction of sp³-hybridized carbons (Fsp3) is 0.389. The van der Waals surface area contributed by atoms with Gasteiger partial charge in [0.2, 0.25) is 0 Å². The van der Waals surface area contributed by atoms with E-state index in [2.05, 4.69) is 41.4 Å². The molecule has 0 fully saturated rings. The highest BCUT2D eigenvalue weighted by Gasteiger charge is 2.12. The minimum atomic E-state index is -0.245. The van der Waals surface area contributed by atoms with Crippen molar-refractivity contribution in [2.75, 3.05) is 17.2 Å². The van der Waals surface area contributed by atoms with Crippen LogP contribution in [0.3, 0.4) is 0 Å². The van der Waals surface area contributed by atoms with Crippen LogP contribution in [0.1, 0.15) is 55.6 Å². The zero-order chi connectivity index (χ0) is 16.7. The Bertz CT molecular complexity index is 638. The molecule has 0 spiro atoms. The largest absolute Gasteiger partial charge is 0.369 e.